The normalized spacial score (nSPS) is 10.8. The maximum atomic E-state index is 11.9. The van der Waals surface area contributed by atoms with Gasteiger partial charge in [-0.2, -0.15) is 13.9 Å². The van der Waals surface area contributed by atoms with E-state index in [-0.39, 0.29) is 5.69 Å². The highest BCUT2D eigenvalue weighted by molar-refractivity contribution is 7.79. The lowest BCUT2D eigenvalue weighted by Crippen LogP contribution is -2.53. The van der Waals surface area contributed by atoms with Gasteiger partial charge in [-0.1, -0.05) is 26.7 Å². The molecule has 0 amide bonds. The third kappa shape index (κ3) is 9.65. The molecule has 0 atom stereocenters. The molecule has 1 aromatic rings. The van der Waals surface area contributed by atoms with Gasteiger partial charge in [-0.25, -0.2) is 8.42 Å². The molecule has 0 aliphatic carbocycles. The lowest BCUT2D eigenvalue weighted by molar-refractivity contribution is -0.716. The van der Waals surface area contributed by atoms with Crippen LogP contribution in [-0.4, -0.2) is 22.1 Å². The Balaban J connectivity index is 0.000000621. The fraction of sp³-hybridized carbons (Fsp3) is 0.667. The smallest absolute Gasteiger partial charge is 0.497 e. The molecule has 0 saturated heterocycles. The highest BCUT2D eigenvalue weighted by atomic mass is 32.3. The van der Waals surface area contributed by atoms with E-state index in [9.17, 15) is 4.79 Å². The topological polar surface area (TPSA) is 103 Å². The fourth-order valence-electron chi connectivity index (χ4n) is 1.54. The van der Waals surface area contributed by atoms with Gasteiger partial charge in [-0.3, -0.25) is 4.55 Å². The number of aryl methyl sites for hydroxylation is 2. The summed E-state index contributed by atoms with van der Waals surface area (Å²) in [6.45, 7) is 5.95. The van der Waals surface area contributed by atoms with Gasteiger partial charge in [0.2, 0.25) is 10.4 Å². The highest BCUT2D eigenvalue weighted by Gasteiger charge is 2.08. The monoisotopic (exact) mass is 306 g/mol. The van der Waals surface area contributed by atoms with E-state index in [1.165, 1.54) is 0 Å². The van der Waals surface area contributed by atoms with Crippen molar-refractivity contribution in [3.63, 3.8) is 0 Å². The van der Waals surface area contributed by atoms with Gasteiger partial charge in [0.15, 0.2) is 0 Å². The number of nitrogens with zero attached hydrogens (tertiary/aromatic N) is 2. The molecule has 1 N–H and O–H groups in total. The van der Waals surface area contributed by atoms with Crippen LogP contribution in [0.1, 0.15) is 39.5 Å². The van der Waals surface area contributed by atoms with E-state index in [1.54, 1.807) is 9.13 Å². The van der Waals surface area contributed by atoms with Crippen LogP contribution >= 0.6 is 0 Å². The van der Waals surface area contributed by atoms with Crippen LogP contribution in [0.25, 0.3) is 0 Å². The fourth-order valence-corrected chi connectivity index (χ4v) is 1.54. The molecule has 0 aliphatic rings. The van der Waals surface area contributed by atoms with Gasteiger partial charge >= 0.3 is 5.69 Å². The van der Waals surface area contributed by atoms with Crippen molar-refractivity contribution in [1.82, 2.24) is 4.57 Å². The Bertz CT molecular complexity index is 502. The molecule has 0 bridgehead atoms. The summed E-state index contributed by atoms with van der Waals surface area (Å²) in [5.74, 6) is 0. The van der Waals surface area contributed by atoms with Gasteiger partial charge < -0.3 is 4.55 Å². The Morgan fingerprint density at radius 3 is 2.35 bits per heavy atom. The molecule has 0 aliphatic heterocycles. The molecule has 0 aromatic carbocycles. The van der Waals surface area contributed by atoms with Crippen LogP contribution in [0.5, 0.6) is 0 Å². The minimum Gasteiger partial charge on any atom is -0.726 e. The second-order valence-corrected chi connectivity index (χ2v) is 5.15. The SMILES string of the molecule is CCCCn1ccc[n+](CCCC)c1=O.O=S(=O)([O-])O. The van der Waals surface area contributed by atoms with Gasteiger partial charge in [0.05, 0.1) is 25.5 Å². The molecule has 0 unspecified atom stereocenters. The van der Waals surface area contributed by atoms with E-state index in [0.29, 0.717) is 0 Å². The third-order valence-corrected chi connectivity index (χ3v) is 2.53. The van der Waals surface area contributed by atoms with Crippen LogP contribution in [0.15, 0.2) is 23.3 Å². The molecule has 7 nitrogen and oxygen atoms in total. The second kappa shape index (κ2) is 9.62. The second-order valence-electron chi connectivity index (χ2n) is 4.29. The largest absolute Gasteiger partial charge is 0.726 e. The summed E-state index contributed by atoms with van der Waals surface area (Å²) in [7, 11) is -4.92. The number of hydrogen-bond donors (Lipinski definition) is 1. The predicted molar refractivity (Wildman–Crippen MR) is 73.0 cm³/mol. The first-order valence-corrected chi connectivity index (χ1v) is 7.93. The van der Waals surface area contributed by atoms with Gasteiger partial charge in [0.25, 0.3) is 0 Å². The molecule has 1 aromatic heterocycles. The zero-order valence-electron chi connectivity index (χ0n) is 11.9. The van der Waals surface area contributed by atoms with Crippen LogP contribution in [0.4, 0.5) is 0 Å². The summed E-state index contributed by atoms with van der Waals surface area (Å²) in [6, 6.07) is 1.95. The highest BCUT2D eigenvalue weighted by Crippen LogP contribution is 1.90. The Morgan fingerprint density at radius 2 is 1.85 bits per heavy atom. The van der Waals surface area contributed by atoms with Crippen molar-refractivity contribution >= 4 is 10.4 Å². The van der Waals surface area contributed by atoms with Gasteiger partial charge in [0, 0.05) is 6.07 Å². The van der Waals surface area contributed by atoms with Crippen molar-refractivity contribution in [3.8, 4) is 0 Å². The molecule has 1 rings (SSSR count). The molecule has 20 heavy (non-hydrogen) atoms. The summed E-state index contributed by atoms with van der Waals surface area (Å²) in [5.41, 5.74) is 0.124. The van der Waals surface area contributed by atoms with Crippen molar-refractivity contribution in [3.05, 3.63) is 28.9 Å². The van der Waals surface area contributed by atoms with Crippen molar-refractivity contribution in [1.29, 1.82) is 0 Å². The standard InChI is InChI=1S/C12H21N2O.H2O4S/c1-3-5-8-13-10-7-11-14(12(13)15)9-6-4-2;1-5(2,3)4/h7,10-11H,3-6,8-9H2,1-2H3;(H2,1,2,3,4)/q+1;/p-1. The molecule has 8 heteroatoms. The van der Waals surface area contributed by atoms with Crippen molar-refractivity contribution < 1.29 is 22.1 Å². The lowest BCUT2D eigenvalue weighted by Gasteiger charge is -2.01. The molecule has 0 radical (unpaired) electrons. The number of hydrogen-bond acceptors (Lipinski definition) is 4. The first kappa shape index (κ1) is 18.8. The lowest BCUT2D eigenvalue weighted by atomic mass is 10.3. The predicted octanol–water partition coefficient (Wildman–Crippen LogP) is 0.741. The number of unbranched alkanes of at least 4 members (excludes halogenated alkanes) is 2. The van der Waals surface area contributed by atoms with Gasteiger partial charge in [0.1, 0.15) is 0 Å². The molecule has 116 valence electrons. The average molecular weight is 306 g/mol. The van der Waals surface area contributed by atoms with Crippen LogP contribution in [0, 0.1) is 0 Å². The quantitative estimate of drug-likeness (QED) is 0.474. The molecule has 1 heterocycles. The molecule has 0 spiro atoms. The third-order valence-electron chi connectivity index (χ3n) is 2.53. The maximum absolute atomic E-state index is 11.9. The van der Waals surface area contributed by atoms with Crippen LogP contribution in [0.2, 0.25) is 0 Å². The maximum Gasteiger partial charge on any atom is 0.497 e. The Morgan fingerprint density at radius 1 is 1.30 bits per heavy atom. The van der Waals surface area contributed by atoms with Crippen LogP contribution < -0.4 is 10.3 Å². The number of rotatable bonds is 6. The van der Waals surface area contributed by atoms with Crippen LogP contribution in [-0.2, 0) is 23.5 Å². The molecule has 0 fully saturated rings. The van der Waals surface area contributed by atoms with Crippen molar-refractivity contribution in [2.45, 2.75) is 52.6 Å². The minimum atomic E-state index is -4.92. The summed E-state index contributed by atoms with van der Waals surface area (Å²) in [4.78, 5) is 11.9. The van der Waals surface area contributed by atoms with E-state index in [1.807, 2.05) is 18.5 Å². The molecular weight excluding hydrogens is 284 g/mol. The van der Waals surface area contributed by atoms with Gasteiger partial charge in [-0.15, -0.1) is 0 Å². The zero-order valence-corrected chi connectivity index (χ0v) is 12.7. The summed E-state index contributed by atoms with van der Waals surface area (Å²) < 4.78 is 36.4. The van der Waals surface area contributed by atoms with E-state index in [4.69, 9.17) is 17.5 Å². The summed E-state index contributed by atoms with van der Waals surface area (Å²) in [6.07, 6.45) is 8.13. The summed E-state index contributed by atoms with van der Waals surface area (Å²) in [5, 5.41) is 0. The molecule has 0 saturated carbocycles. The number of aromatic nitrogens is 2. The first-order valence-electron chi connectivity index (χ1n) is 6.56. The first-order chi connectivity index (χ1) is 9.29. The van der Waals surface area contributed by atoms with Crippen LogP contribution in [0.3, 0.4) is 0 Å². The van der Waals surface area contributed by atoms with Gasteiger partial charge in [-0.05, 0) is 12.8 Å². The average Bonchev–Trinajstić information content (AvgIpc) is 2.34. The van der Waals surface area contributed by atoms with E-state index >= 15 is 0 Å². The van der Waals surface area contributed by atoms with E-state index < -0.39 is 10.4 Å². The Hall–Kier alpha value is -1.25. The van der Waals surface area contributed by atoms with E-state index in [2.05, 4.69) is 13.8 Å². The van der Waals surface area contributed by atoms with Crippen molar-refractivity contribution in [2.24, 2.45) is 0 Å². The Kier molecular flexibility index (Phi) is 9.02. The molecular formula is C12H22N2O5S. The van der Waals surface area contributed by atoms with E-state index in [0.717, 1.165) is 38.8 Å². The minimum absolute atomic E-state index is 0.124. The summed E-state index contributed by atoms with van der Waals surface area (Å²) >= 11 is 0. The van der Waals surface area contributed by atoms with Crippen molar-refractivity contribution in [2.75, 3.05) is 0 Å². The Labute approximate surface area is 119 Å². The zero-order chi connectivity index (χ0) is 15.6.